The van der Waals surface area contributed by atoms with Crippen LogP contribution in [0.15, 0.2) is 22.7 Å². The van der Waals surface area contributed by atoms with Crippen LogP contribution < -0.4 is 15.8 Å². The highest BCUT2D eigenvalue weighted by molar-refractivity contribution is 9.10. The quantitative estimate of drug-likeness (QED) is 0.812. The molecule has 1 aromatic rings. The first-order chi connectivity index (χ1) is 9.49. The largest absolute Gasteiger partial charge is 0.495 e. The van der Waals surface area contributed by atoms with Gasteiger partial charge in [-0.3, -0.25) is 4.79 Å². The molecule has 0 aliphatic heterocycles. The van der Waals surface area contributed by atoms with Gasteiger partial charge in [-0.1, -0.05) is 25.1 Å². The van der Waals surface area contributed by atoms with Gasteiger partial charge in [0.15, 0.2) is 0 Å². The molecule has 1 aliphatic rings. The molecule has 1 amide bonds. The summed E-state index contributed by atoms with van der Waals surface area (Å²) in [5, 5.41) is 2.90. The third-order valence-electron chi connectivity index (χ3n) is 3.77. The molecule has 0 radical (unpaired) electrons. The minimum absolute atomic E-state index is 0.119. The topological polar surface area (TPSA) is 64.3 Å². The molecule has 6 heteroatoms. The van der Waals surface area contributed by atoms with E-state index in [0.29, 0.717) is 11.4 Å². The van der Waals surface area contributed by atoms with Gasteiger partial charge in [-0.15, -0.1) is 0 Å². The summed E-state index contributed by atoms with van der Waals surface area (Å²) < 4.78 is 6.05. The lowest BCUT2D eigenvalue weighted by Gasteiger charge is -2.26. The minimum Gasteiger partial charge on any atom is -0.495 e. The zero-order valence-corrected chi connectivity index (χ0v) is 13.6. The maximum atomic E-state index is 12.5. The van der Waals surface area contributed by atoms with Crippen LogP contribution in [0.3, 0.4) is 0 Å². The number of carbonyl (C=O) groups excluding carboxylic acids is 1. The molecule has 0 spiro atoms. The number of hydrogen-bond donors (Lipinski definition) is 2. The minimum atomic E-state index is -0.699. The van der Waals surface area contributed by atoms with Crippen LogP contribution in [0.5, 0.6) is 5.75 Å². The van der Waals surface area contributed by atoms with E-state index in [9.17, 15) is 4.79 Å². The van der Waals surface area contributed by atoms with E-state index in [1.165, 1.54) is 0 Å². The van der Waals surface area contributed by atoms with Gasteiger partial charge in [-0.25, -0.2) is 0 Å². The number of benzene rings is 1. The van der Waals surface area contributed by atoms with Gasteiger partial charge in [0.25, 0.3) is 0 Å². The summed E-state index contributed by atoms with van der Waals surface area (Å²) in [7, 11) is 1.58. The van der Waals surface area contributed by atoms with E-state index in [2.05, 4.69) is 21.2 Å². The van der Waals surface area contributed by atoms with Crippen molar-refractivity contribution in [3.8, 4) is 5.75 Å². The van der Waals surface area contributed by atoms with E-state index < -0.39 is 5.41 Å². The van der Waals surface area contributed by atoms with Crippen LogP contribution in [0.1, 0.15) is 25.7 Å². The number of thiocarbonyl (C=S) groups is 1. The monoisotopic (exact) mass is 356 g/mol. The molecular weight excluding hydrogens is 340 g/mol. The van der Waals surface area contributed by atoms with Gasteiger partial charge in [-0.2, -0.15) is 0 Å². The summed E-state index contributed by atoms with van der Waals surface area (Å²) in [6, 6.07) is 5.41. The molecule has 1 saturated carbocycles. The van der Waals surface area contributed by atoms with Crippen molar-refractivity contribution in [2.75, 3.05) is 12.4 Å². The zero-order chi connectivity index (χ0) is 14.8. The molecule has 20 heavy (non-hydrogen) atoms. The molecule has 1 aliphatic carbocycles. The summed E-state index contributed by atoms with van der Waals surface area (Å²) in [4.78, 5) is 12.8. The summed E-state index contributed by atoms with van der Waals surface area (Å²) in [6.45, 7) is 0. The summed E-state index contributed by atoms with van der Waals surface area (Å²) >= 11 is 8.49. The van der Waals surface area contributed by atoms with E-state index in [1.807, 2.05) is 12.1 Å². The number of rotatable bonds is 4. The molecule has 4 nitrogen and oxygen atoms in total. The van der Waals surface area contributed by atoms with Gasteiger partial charge < -0.3 is 15.8 Å². The number of halogens is 1. The fourth-order valence-electron chi connectivity index (χ4n) is 2.55. The number of ether oxygens (including phenoxy) is 1. The molecule has 108 valence electrons. The first-order valence-electron chi connectivity index (χ1n) is 6.44. The van der Waals surface area contributed by atoms with Crippen LogP contribution in [0, 0.1) is 5.41 Å². The van der Waals surface area contributed by atoms with Crippen LogP contribution in [-0.2, 0) is 4.79 Å². The summed E-state index contributed by atoms with van der Waals surface area (Å²) in [5.41, 5.74) is 5.79. The number of hydrogen-bond acceptors (Lipinski definition) is 3. The molecule has 1 fully saturated rings. The lowest BCUT2D eigenvalue weighted by atomic mass is 9.85. The SMILES string of the molecule is COc1cc(NC(=O)C2(C(N)=S)CCCC2)ccc1Br. The van der Waals surface area contributed by atoms with E-state index >= 15 is 0 Å². The van der Waals surface area contributed by atoms with Crippen LogP contribution in [0.2, 0.25) is 0 Å². The highest BCUT2D eigenvalue weighted by Gasteiger charge is 2.43. The average Bonchev–Trinajstić information content (AvgIpc) is 2.91. The smallest absolute Gasteiger partial charge is 0.237 e. The third-order valence-corrected chi connectivity index (χ3v) is 4.82. The van der Waals surface area contributed by atoms with Gasteiger partial charge in [0.1, 0.15) is 5.75 Å². The molecule has 3 N–H and O–H groups in total. The molecule has 0 atom stereocenters. The lowest BCUT2D eigenvalue weighted by molar-refractivity contribution is -0.122. The van der Waals surface area contributed by atoms with Crippen molar-refractivity contribution in [1.29, 1.82) is 0 Å². The Balaban J connectivity index is 2.21. The van der Waals surface area contributed by atoms with Crippen LogP contribution in [-0.4, -0.2) is 18.0 Å². The van der Waals surface area contributed by atoms with Crippen molar-refractivity contribution in [2.24, 2.45) is 11.1 Å². The van der Waals surface area contributed by atoms with E-state index in [4.69, 9.17) is 22.7 Å². The van der Waals surface area contributed by atoms with E-state index in [-0.39, 0.29) is 10.9 Å². The van der Waals surface area contributed by atoms with Crippen molar-refractivity contribution in [3.05, 3.63) is 22.7 Å². The fourth-order valence-corrected chi connectivity index (χ4v) is 3.26. The number of amides is 1. The Kier molecular flexibility index (Phi) is 4.65. The second kappa shape index (κ2) is 6.10. The summed E-state index contributed by atoms with van der Waals surface area (Å²) in [6.07, 6.45) is 3.41. The predicted octanol–water partition coefficient (Wildman–Crippen LogP) is 3.24. The van der Waals surface area contributed by atoms with Crippen molar-refractivity contribution in [1.82, 2.24) is 0 Å². The normalized spacial score (nSPS) is 16.7. The maximum absolute atomic E-state index is 12.5. The van der Waals surface area contributed by atoms with Gasteiger partial charge >= 0.3 is 0 Å². The molecule has 1 aromatic carbocycles. The average molecular weight is 357 g/mol. The second-order valence-electron chi connectivity index (χ2n) is 4.96. The highest BCUT2D eigenvalue weighted by atomic mass is 79.9. The van der Waals surface area contributed by atoms with Crippen LogP contribution in [0.4, 0.5) is 5.69 Å². The predicted molar refractivity (Wildman–Crippen MR) is 87.0 cm³/mol. The third kappa shape index (κ3) is 2.81. The van der Waals surface area contributed by atoms with Crippen LogP contribution in [0.25, 0.3) is 0 Å². The van der Waals surface area contributed by atoms with Crippen molar-refractivity contribution in [3.63, 3.8) is 0 Å². The Hall–Kier alpha value is -1.14. The number of carbonyl (C=O) groups is 1. The number of nitrogens with two attached hydrogens (primary N) is 1. The lowest BCUT2D eigenvalue weighted by Crippen LogP contribution is -2.43. The molecular formula is C14H17BrN2O2S. The first kappa shape index (κ1) is 15.3. The molecule has 2 rings (SSSR count). The molecule has 0 saturated heterocycles. The van der Waals surface area contributed by atoms with Gasteiger partial charge in [0, 0.05) is 11.8 Å². The Morgan fingerprint density at radius 2 is 2.10 bits per heavy atom. The number of nitrogens with one attached hydrogen (secondary N) is 1. The number of methoxy groups -OCH3 is 1. The fraction of sp³-hybridized carbons (Fsp3) is 0.429. The Labute approximate surface area is 132 Å². The van der Waals surface area contributed by atoms with Gasteiger partial charge in [0.05, 0.1) is 22.0 Å². The number of anilines is 1. The van der Waals surface area contributed by atoms with Crippen LogP contribution >= 0.6 is 28.1 Å². The molecule has 0 bridgehead atoms. The van der Waals surface area contributed by atoms with Crippen molar-refractivity contribution >= 4 is 44.7 Å². The molecule has 0 aromatic heterocycles. The maximum Gasteiger partial charge on any atom is 0.237 e. The van der Waals surface area contributed by atoms with E-state index in [0.717, 1.165) is 30.2 Å². The first-order valence-corrected chi connectivity index (χ1v) is 7.64. The van der Waals surface area contributed by atoms with Gasteiger partial charge in [-0.05, 0) is 40.9 Å². The summed E-state index contributed by atoms with van der Waals surface area (Å²) in [5.74, 6) is 0.547. The van der Waals surface area contributed by atoms with Crippen molar-refractivity contribution < 1.29 is 9.53 Å². The standard InChI is InChI=1S/C14H17BrN2O2S/c1-19-11-8-9(4-5-10(11)15)17-13(18)14(12(16)20)6-2-3-7-14/h4-5,8H,2-3,6-7H2,1H3,(H2,16,20)(H,17,18). The highest BCUT2D eigenvalue weighted by Crippen LogP contribution is 2.40. The Bertz CT molecular complexity index is 542. The Morgan fingerprint density at radius 1 is 1.45 bits per heavy atom. The van der Waals surface area contributed by atoms with Crippen molar-refractivity contribution in [2.45, 2.75) is 25.7 Å². The van der Waals surface area contributed by atoms with E-state index in [1.54, 1.807) is 13.2 Å². The van der Waals surface area contributed by atoms with Gasteiger partial charge in [0.2, 0.25) is 5.91 Å². The second-order valence-corrected chi connectivity index (χ2v) is 6.25. The Morgan fingerprint density at radius 3 is 2.65 bits per heavy atom. The molecule has 0 unspecified atom stereocenters. The molecule has 0 heterocycles. The zero-order valence-electron chi connectivity index (χ0n) is 11.2.